The first kappa shape index (κ1) is 14.4. The molecule has 2 N–H and O–H groups in total. The number of nitrogens with one attached hydrogen (secondary N) is 1. The van der Waals surface area contributed by atoms with Crippen molar-refractivity contribution in [1.82, 2.24) is 5.32 Å². The van der Waals surface area contributed by atoms with Gasteiger partial charge in [-0.25, -0.2) is 0 Å². The summed E-state index contributed by atoms with van der Waals surface area (Å²) in [6.07, 6.45) is 4.23. The standard InChI is InChI=1S/C13H17BrN2O3/c14-12-7-11(16(18)19)4-3-10(12)8-15-13(9-17)5-1-2-6-13/h3-4,7,15,17H,1-2,5-6,8-9H2. The average Bonchev–Trinajstić information content (AvgIpc) is 2.86. The predicted molar refractivity (Wildman–Crippen MR) is 75.9 cm³/mol. The van der Waals surface area contributed by atoms with E-state index in [9.17, 15) is 15.2 Å². The van der Waals surface area contributed by atoms with Crippen molar-refractivity contribution in [2.24, 2.45) is 0 Å². The first-order valence-corrected chi connectivity index (χ1v) is 7.14. The molecule has 0 unspecified atom stereocenters. The summed E-state index contributed by atoms with van der Waals surface area (Å²) in [4.78, 5) is 10.3. The molecule has 104 valence electrons. The van der Waals surface area contributed by atoms with Crippen LogP contribution in [0.5, 0.6) is 0 Å². The van der Waals surface area contributed by atoms with Crippen molar-refractivity contribution in [2.75, 3.05) is 6.61 Å². The summed E-state index contributed by atoms with van der Waals surface area (Å²) in [5.41, 5.74) is 0.861. The number of benzene rings is 1. The van der Waals surface area contributed by atoms with E-state index in [2.05, 4.69) is 21.2 Å². The third-order valence-corrected chi connectivity index (χ3v) is 4.50. The number of non-ortho nitro benzene ring substituents is 1. The van der Waals surface area contributed by atoms with Gasteiger partial charge in [-0.05, 0) is 24.5 Å². The molecule has 0 bridgehead atoms. The van der Waals surface area contributed by atoms with Gasteiger partial charge in [-0.3, -0.25) is 10.1 Å². The Morgan fingerprint density at radius 2 is 2.11 bits per heavy atom. The van der Waals surface area contributed by atoms with E-state index in [1.165, 1.54) is 12.1 Å². The monoisotopic (exact) mass is 328 g/mol. The Bertz CT molecular complexity index is 473. The molecule has 1 aliphatic rings. The molecular weight excluding hydrogens is 312 g/mol. The Morgan fingerprint density at radius 3 is 2.63 bits per heavy atom. The molecule has 1 aromatic rings. The zero-order chi connectivity index (χ0) is 13.9. The highest BCUT2D eigenvalue weighted by Gasteiger charge is 2.32. The second-order valence-corrected chi connectivity index (χ2v) is 5.89. The SMILES string of the molecule is O=[N+]([O-])c1ccc(CNC2(CO)CCCC2)c(Br)c1. The average molecular weight is 329 g/mol. The van der Waals surface area contributed by atoms with Gasteiger partial charge in [-0.15, -0.1) is 0 Å². The maximum Gasteiger partial charge on any atom is 0.270 e. The van der Waals surface area contributed by atoms with Gasteiger partial charge in [0.25, 0.3) is 5.69 Å². The van der Waals surface area contributed by atoms with Gasteiger partial charge >= 0.3 is 0 Å². The van der Waals surface area contributed by atoms with E-state index in [4.69, 9.17) is 0 Å². The molecule has 0 heterocycles. The minimum atomic E-state index is -0.409. The molecule has 0 atom stereocenters. The zero-order valence-corrected chi connectivity index (χ0v) is 12.1. The largest absolute Gasteiger partial charge is 0.394 e. The van der Waals surface area contributed by atoms with Gasteiger partial charge < -0.3 is 10.4 Å². The Balaban J connectivity index is 2.05. The molecule has 0 aliphatic heterocycles. The Labute approximate surface area is 120 Å². The molecule has 19 heavy (non-hydrogen) atoms. The maximum absolute atomic E-state index is 10.7. The highest BCUT2D eigenvalue weighted by Crippen LogP contribution is 2.30. The number of hydrogen-bond donors (Lipinski definition) is 2. The topological polar surface area (TPSA) is 75.4 Å². The Morgan fingerprint density at radius 1 is 1.42 bits per heavy atom. The van der Waals surface area contributed by atoms with E-state index in [1.54, 1.807) is 6.07 Å². The summed E-state index contributed by atoms with van der Waals surface area (Å²) < 4.78 is 0.722. The minimum Gasteiger partial charge on any atom is -0.394 e. The van der Waals surface area contributed by atoms with Gasteiger partial charge in [-0.1, -0.05) is 28.8 Å². The molecular formula is C13H17BrN2O3. The van der Waals surface area contributed by atoms with Gasteiger partial charge in [0.2, 0.25) is 0 Å². The summed E-state index contributed by atoms with van der Waals surface area (Å²) in [6.45, 7) is 0.733. The molecule has 6 heteroatoms. The summed E-state index contributed by atoms with van der Waals surface area (Å²) in [5, 5.41) is 23.6. The number of rotatable bonds is 5. The van der Waals surface area contributed by atoms with Crippen molar-refractivity contribution in [3.63, 3.8) is 0 Å². The Kier molecular flexibility index (Phi) is 4.54. The van der Waals surface area contributed by atoms with Crippen LogP contribution in [0.3, 0.4) is 0 Å². The van der Waals surface area contributed by atoms with Crippen LogP contribution in [0.4, 0.5) is 5.69 Å². The number of hydrogen-bond acceptors (Lipinski definition) is 4. The van der Waals surface area contributed by atoms with E-state index in [-0.39, 0.29) is 17.8 Å². The van der Waals surface area contributed by atoms with Crippen molar-refractivity contribution in [1.29, 1.82) is 0 Å². The first-order valence-electron chi connectivity index (χ1n) is 6.35. The van der Waals surface area contributed by atoms with E-state index in [0.29, 0.717) is 6.54 Å². The number of nitrogens with zero attached hydrogens (tertiary/aromatic N) is 1. The number of nitro benzene ring substituents is 1. The lowest BCUT2D eigenvalue weighted by Gasteiger charge is -2.28. The van der Waals surface area contributed by atoms with Crippen molar-refractivity contribution in [2.45, 2.75) is 37.8 Å². The fourth-order valence-electron chi connectivity index (χ4n) is 2.52. The molecule has 1 aliphatic carbocycles. The molecule has 0 aromatic heterocycles. The number of aliphatic hydroxyl groups is 1. The molecule has 0 amide bonds. The van der Waals surface area contributed by atoms with Crippen LogP contribution >= 0.6 is 15.9 Å². The lowest BCUT2D eigenvalue weighted by atomic mass is 9.98. The summed E-state index contributed by atoms with van der Waals surface area (Å²) >= 11 is 3.36. The smallest absolute Gasteiger partial charge is 0.270 e. The van der Waals surface area contributed by atoms with Crippen LogP contribution in [0.2, 0.25) is 0 Å². The highest BCUT2D eigenvalue weighted by atomic mass is 79.9. The van der Waals surface area contributed by atoms with Crippen molar-refractivity contribution in [3.8, 4) is 0 Å². The van der Waals surface area contributed by atoms with Gasteiger partial charge in [-0.2, -0.15) is 0 Å². The molecule has 5 nitrogen and oxygen atoms in total. The fraction of sp³-hybridized carbons (Fsp3) is 0.538. The van der Waals surface area contributed by atoms with Crippen LogP contribution < -0.4 is 5.32 Å². The molecule has 0 radical (unpaired) electrons. The molecule has 0 spiro atoms. The van der Waals surface area contributed by atoms with E-state index < -0.39 is 4.92 Å². The third-order valence-electron chi connectivity index (χ3n) is 3.76. The van der Waals surface area contributed by atoms with Crippen LogP contribution in [-0.2, 0) is 6.54 Å². The van der Waals surface area contributed by atoms with E-state index in [0.717, 1.165) is 35.7 Å². The lowest BCUT2D eigenvalue weighted by Crippen LogP contribution is -2.45. The maximum atomic E-state index is 10.7. The molecule has 1 aromatic carbocycles. The van der Waals surface area contributed by atoms with Crippen LogP contribution in [0.1, 0.15) is 31.2 Å². The number of nitro groups is 1. The van der Waals surface area contributed by atoms with Crippen molar-refractivity contribution < 1.29 is 10.0 Å². The Hall–Kier alpha value is -0.980. The zero-order valence-electron chi connectivity index (χ0n) is 10.6. The number of aliphatic hydroxyl groups excluding tert-OH is 1. The molecule has 1 fully saturated rings. The lowest BCUT2D eigenvalue weighted by molar-refractivity contribution is -0.384. The fourth-order valence-corrected chi connectivity index (χ4v) is 3.03. The van der Waals surface area contributed by atoms with Crippen LogP contribution in [0.25, 0.3) is 0 Å². The van der Waals surface area contributed by atoms with Crippen LogP contribution in [0.15, 0.2) is 22.7 Å². The molecule has 2 rings (SSSR count). The van der Waals surface area contributed by atoms with Gasteiger partial charge in [0.1, 0.15) is 0 Å². The van der Waals surface area contributed by atoms with Crippen molar-refractivity contribution in [3.05, 3.63) is 38.3 Å². The summed E-state index contributed by atoms with van der Waals surface area (Å²) in [5.74, 6) is 0. The van der Waals surface area contributed by atoms with Crippen molar-refractivity contribution >= 4 is 21.6 Å². The van der Waals surface area contributed by atoms with Gasteiger partial charge in [0.05, 0.1) is 11.5 Å². The normalized spacial score (nSPS) is 17.6. The molecule has 0 saturated heterocycles. The summed E-state index contributed by atoms with van der Waals surface area (Å²) in [7, 11) is 0. The van der Waals surface area contributed by atoms with Crippen LogP contribution in [-0.4, -0.2) is 22.2 Å². The van der Waals surface area contributed by atoms with Gasteiger partial charge in [0.15, 0.2) is 0 Å². The summed E-state index contributed by atoms with van der Waals surface area (Å²) in [6, 6.07) is 4.76. The second kappa shape index (κ2) is 5.98. The van der Waals surface area contributed by atoms with Crippen LogP contribution in [0, 0.1) is 10.1 Å². The number of halogens is 1. The quantitative estimate of drug-likeness (QED) is 0.643. The minimum absolute atomic E-state index is 0.0772. The van der Waals surface area contributed by atoms with E-state index in [1.807, 2.05) is 0 Å². The van der Waals surface area contributed by atoms with Gasteiger partial charge in [0, 0.05) is 28.7 Å². The third kappa shape index (κ3) is 3.32. The highest BCUT2D eigenvalue weighted by molar-refractivity contribution is 9.10. The molecule has 1 saturated carbocycles. The van der Waals surface area contributed by atoms with E-state index >= 15 is 0 Å². The first-order chi connectivity index (χ1) is 9.06. The second-order valence-electron chi connectivity index (χ2n) is 5.03. The predicted octanol–water partition coefficient (Wildman–Crippen LogP) is 2.75.